The Balaban J connectivity index is 1.79. The van der Waals surface area contributed by atoms with E-state index in [4.69, 9.17) is 42.8 Å². The number of rotatable bonds is 5. The van der Waals surface area contributed by atoms with Crippen LogP contribution in [0.2, 0.25) is 5.02 Å². The van der Waals surface area contributed by atoms with Crippen molar-refractivity contribution in [2.45, 2.75) is 57.2 Å². The molecule has 3 atom stereocenters. The summed E-state index contributed by atoms with van der Waals surface area (Å²) in [6.45, 7) is 4.44. The van der Waals surface area contributed by atoms with E-state index in [0.29, 0.717) is 11.4 Å². The van der Waals surface area contributed by atoms with Crippen LogP contribution in [0.1, 0.15) is 26.3 Å². The van der Waals surface area contributed by atoms with Crippen LogP contribution < -0.4 is 4.74 Å². The SMILES string of the molecule is CC(C)(C)OC(=O)N1C[C@H]([C@H](OC(=S)Oc2ccccc2)C(F)(F)F)OC[C@@H]1Cc1ccc(Cl)cc1. The van der Waals surface area contributed by atoms with Crippen LogP contribution in [0.25, 0.3) is 0 Å². The maximum absolute atomic E-state index is 14.0. The van der Waals surface area contributed by atoms with Gasteiger partial charge in [-0.15, -0.1) is 0 Å². The van der Waals surface area contributed by atoms with Crippen LogP contribution in [-0.4, -0.2) is 59.4 Å². The minimum Gasteiger partial charge on any atom is -0.444 e. The van der Waals surface area contributed by atoms with E-state index in [9.17, 15) is 18.0 Å². The molecule has 0 unspecified atom stereocenters. The number of morpholine rings is 1. The summed E-state index contributed by atoms with van der Waals surface area (Å²) in [4.78, 5) is 14.3. The maximum atomic E-state index is 14.0. The van der Waals surface area contributed by atoms with E-state index in [1.807, 2.05) is 0 Å². The Bertz CT molecular complexity index is 1030. The molecule has 2 aromatic rings. The van der Waals surface area contributed by atoms with Gasteiger partial charge >= 0.3 is 17.5 Å². The predicted octanol–water partition coefficient (Wildman–Crippen LogP) is 6.20. The molecule has 36 heavy (non-hydrogen) atoms. The smallest absolute Gasteiger partial charge is 0.428 e. The molecular weight excluding hydrogens is 519 g/mol. The second-order valence-electron chi connectivity index (χ2n) is 9.23. The van der Waals surface area contributed by atoms with E-state index in [0.717, 1.165) is 5.56 Å². The number of ether oxygens (including phenoxy) is 4. The number of hydrogen-bond acceptors (Lipinski definition) is 6. The second-order valence-corrected chi connectivity index (χ2v) is 10.0. The van der Waals surface area contributed by atoms with Gasteiger partial charge in [-0.1, -0.05) is 41.9 Å². The average Bonchev–Trinajstić information content (AvgIpc) is 2.78. The highest BCUT2D eigenvalue weighted by molar-refractivity contribution is 7.79. The third-order valence-electron chi connectivity index (χ3n) is 5.16. The Morgan fingerprint density at radius 2 is 1.78 bits per heavy atom. The van der Waals surface area contributed by atoms with Crippen molar-refractivity contribution in [2.75, 3.05) is 13.2 Å². The molecule has 0 aliphatic carbocycles. The molecule has 1 heterocycles. The van der Waals surface area contributed by atoms with Crippen LogP contribution in [-0.2, 0) is 20.6 Å². The lowest BCUT2D eigenvalue weighted by atomic mass is 10.0. The van der Waals surface area contributed by atoms with Gasteiger partial charge in [0.2, 0.25) is 6.10 Å². The van der Waals surface area contributed by atoms with Gasteiger partial charge in [-0.2, -0.15) is 13.2 Å². The summed E-state index contributed by atoms with van der Waals surface area (Å²) in [5.41, 5.74) is -0.0122. The van der Waals surface area contributed by atoms with E-state index < -0.39 is 47.9 Å². The first-order chi connectivity index (χ1) is 16.8. The van der Waals surface area contributed by atoms with Gasteiger partial charge in [-0.25, -0.2) is 4.79 Å². The van der Waals surface area contributed by atoms with Crippen molar-refractivity contribution in [1.29, 1.82) is 0 Å². The molecule has 0 bridgehead atoms. The number of nitrogens with zero attached hydrogens (tertiary/aromatic N) is 1. The number of thiocarbonyl (C=S) groups is 1. The lowest BCUT2D eigenvalue weighted by molar-refractivity contribution is -0.244. The van der Waals surface area contributed by atoms with Gasteiger partial charge in [0.25, 0.3) is 0 Å². The molecule has 0 saturated carbocycles. The van der Waals surface area contributed by atoms with Crippen molar-refractivity contribution in [3.63, 3.8) is 0 Å². The van der Waals surface area contributed by atoms with Gasteiger partial charge in [-0.3, -0.25) is 4.90 Å². The summed E-state index contributed by atoms with van der Waals surface area (Å²) in [5.74, 6) is 0.228. The number of alkyl halides is 3. The van der Waals surface area contributed by atoms with Crippen molar-refractivity contribution < 1.29 is 36.9 Å². The molecule has 0 radical (unpaired) electrons. The van der Waals surface area contributed by atoms with Gasteiger partial charge in [-0.05, 0) is 57.0 Å². The monoisotopic (exact) mass is 545 g/mol. The lowest BCUT2D eigenvalue weighted by Gasteiger charge is -2.42. The zero-order valence-corrected chi connectivity index (χ0v) is 21.5. The van der Waals surface area contributed by atoms with Crippen LogP contribution in [0.15, 0.2) is 54.6 Å². The maximum Gasteiger partial charge on any atom is 0.428 e. The summed E-state index contributed by atoms with van der Waals surface area (Å²) in [6.07, 6.45) is -9.29. The fourth-order valence-corrected chi connectivity index (χ4v) is 3.90. The van der Waals surface area contributed by atoms with Crippen molar-refractivity contribution >= 4 is 35.1 Å². The summed E-state index contributed by atoms with van der Waals surface area (Å²) in [6, 6.07) is 14.4. The number of amides is 1. The number of hydrogen-bond donors (Lipinski definition) is 0. The van der Waals surface area contributed by atoms with Gasteiger partial charge in [0.15, 0.2) is 0 Å². The number of para-hydroxylation sites is 1. The molecule has 6 nitrogen and oxygen atoms in total. The molecule has 0 spiro atoms. The van der Waals surface area contributed by atoms with Crippen LogP contribution in [0.4, 0.5) is 18.0 Å². The van der Waals surface area contributed by atoms with E-state index in [1.165, 1.54) is 17.0 Å². The quantitative estimate of drug-likeness (QED) is 0.417. The summed E-state index contributed by atoms with van der Waals surface area (Å²) < 4.78 is 63.4. The Morgan fingerprint density at radius 3 is 2.36 bits per heavy atom. The Morgan fingerprint density at radius 1 is 1.14 bits per heavy atom. The molecule has 0 N–H and O–H groups in total. The first-order valence-electron chi connectivity index (χ1n) is 11.2. The minimum absolute atomic E-state index is 0.172. The van der Waals surface area contributed by atoms with Crippen molar-refractivity contribution in [2.24, 2.45) is 0 Å². The first-order valence-corrected chi connectivity index (χ1v) is 12.0. The highest BCUT2D eigenvalue weighted by Gasteiger charge is 2.51. The summed E-state index contributed by atoms with van der Waals surface area (Å²) in [7, 11) is 0. The highest BCUT2D eigenvalue weighted by atomic mass is 35.5. The lowest BCUT2D eigenvalue weighted by Crippen LogP contribution is -2.59. The predicted molar refractivity (Wildman–Crippen MR) is 132 cm³/mol. The third kappa shape index (κ3) is 8.25. The Hall–Kier alpha value is -2.56. The van der Waals surface area contributed by atoms with Gasteiger partial charge in [0, 0.05) is 17.2 Å². The first kappa shape index (κ1) is 28.0. The third-order valence-corrected chi connectivity index (χ3v) is 5.59. The molecular formula is C25H27ClF3NO5S. The van der Waals surface area contributed by atoms with Crippen LogP contribution in [0, 0.1) is 0 Å². The van der Waals surface area contributed by atoms with Crippen LogP contribution in [0.5, 0.6) is 5.75 Å². The number of carbonyl (C=O) groups is 1. The molecule has 196 valence electrons. The summed E-state index contributed by atoms with van der Waals surface area (Å²) >= 11 is 10.9. The molecule has 2 aromatic carbocycles. The largest absolute Gasteiger partial charge is 0.444 e. The van der Waals surface area contributed by atoms with Crippen molar-refractivity contribution in [1.82, 2.24) is 4.90 Å². The molecule has 3 rings (SSSR count). The van der Waals surface area contributed by atoms with Gasteiger partial charge in [0.1, 0.15) is 17.5 Å². The molecule has 11 heteroatoms. The van der Waals surface area contributed by atoms with E-state index in [1.54, 1.807) is 63.2 Å². The molecule has 1 aliphatic rings. The van der Waals surface area contributed by atoms with Crippen LogP contribution in [0.3, 0.4) is 0 Å². The van der Waals surface area contributed by atoms with Crippen molar-refractivity contribution in [3.05, 3.63) is 65.2 Å². The molecule has 1 aliphatic heterocycles. The van der Waals surface area contributed by atoms with Gasteiger partial charge < -0.3 is 18.9 Å². The van der Waals surface area contributed by atoms with Crippen LogP contribution >= 0.6 is 23.8 Å². The minimum atomic E-state index is -4.85. The topological polar surface area (TPSA) is 57.2 Å². The number of halogens is 4. The molecule has 1 amide bonds. The van der Waals surface area contributed by atoms with Gasteiger partial charge in [0.05, 0.1) is 19.2 Å². The standard InChI is InChI=1S/C25H27ClF3NO5S/c1-24(2,3)35-22(31)30-14-20(32-15-18(30)13-16-9-11-17(26)12-10-16)21(25(27,28)29)34-23(36)33-19-7-5-4-6-8-19/h4-12,18,20-21H,13-15H2,1-3H3/t18-,20+,21-/m0/s1. The Kier molecular flexibility index (Phi) is 9.08. The highest BCUT2D eigenvalue weighted by Crippen LogP contribution is 2.31. The molecule has 0 aromatic heterocycles. The van der Waals surface area contributed by atoms with E-state index in [-0.39, 0.29) is 12.4 Å². The van der Waals surface area contributed by atoms with E-state index in [2.05, 4.69) is 0 Å². The fourth-order valence-electron chi connectivity index (χ4n) is 3.58. The second kappa shape index (κ2) is 11.7. The van der Waals surface area contributed by atoms with Crippen molar-refractivity contribution in [3.8, 4) is 5.75 Å². The molecule has 1 fully saturated rings. The summed E-state index contributed by atoms with van der Waals surface area (Å²) in [5, 5.41) is -0.166. The average molecular weight is 546 g/mol. The van der Waals surface area contributed by atoms with E-state index >= 15 is 0 Å². The number of carbonyl (C=O) groups excluding carboxylic acids is 1. The zero-order chi connectivity index (χ0) is 26.5. The Labute approximate surface area is 218 Å². The normalized spacial score (nSPS) is 19.4. The number of benzene rings is 2. The molecule has 1 saturated heterocycles. The zero-order valence-electron chi connectivity index (χ0n) is 20.0. The fraction of sp³-hybridized carbons (Fsp3) is 0.440.